The lowest BCUT2D eigenvalue weighted by Crippen LogP contribution is -2.27. The first-order chi connectivity index (χ1) is 11.7. The quantitative estimate of drug-likeness (QED) is 0.654. The largest absolute Gasteiger partial charge is 0.317 e. The highest BCUT2D eigenvalue weighted by Gasteiger charge is 2.24. The minimum absolute atomic E-state index is 0. The molecular formula is C18H16ClN5O. The molecule has 0 amide bonds. The number of nitrogens with one attached hydrogen (secondary N) is 2. The van der Waals surface area contributed by atoms with Gasteiger partial charge in [0.2, 0.25) is 0 Å². The third-order valence-electron chi connectivity index (χ3n) is 4.62. The van der Waals surface area contributed by atoms with Crippen molar-refractivity contribution < 1.29 is 0 Å². The Hall–Kier alpha value is -2.80. The minimum atomic E-state index is -0.233. The first kappa shape index (κ1) is 17.0. The summed E-state index contributed by atoms with van der Waals surface area (Å²) in [5, 5.41) is 16.5. The highest BCUT2D eigenvalue weighted by molar-refractivity contribution is 5.85. The van der Waals surface area contributed by atoms with Gasteiger partial charge in [-0.2, -0.15) is 9.78 Å². The summed E-state index contributed by atoms with van der Waals surface area (Å²) in [6, 6.07) is 7.36. The summed E-state index contributed by atoms with van der Waals surface area (Å²) < 4.78 is 1.37. The maximum atomic E-state index is 12.8. The highest BCUT2D eigenvalue weighted by atomic mass is 35.5. The minimum Gasteiger partial charge on any atom is -0.317 e. The molecule has 0 radical (unpaired) electrons. The fourth-order valence-corrected chi connectivity index (χ4v) is 3.36. The Kier molecular flexibility index (Phi) is 4.50. The van der Waals surface area contributed by atoms with Gasteiger partial charge in [-0.3, -0.25) is 9.89 Å². The van der Waals surface area contributed by atoms with Crippen LogP contribution in [0.5, 0.6) is 0 Å². The second-order valence-corrected chi connectivity index (χ2v) is 5.99. The number of fused-ring (bicyclic) bond motifs is 2. The van der Waals surface area contributed by atoms with Crippen LogP contribution in [0, 0.1) is 23.7 Å². The number of hydrogen-bond acceptors (Lipinski definition) is 4. The van der Waals surface area contributed by atoms with E-state index in [9.17, 15) is 10.1 Å². The van der Waals surface area contributed by atoms with Crippen LogP contribution in [0.1, 0.15) is 35.6 Å². The Bertz CT molecular complexity index is 1090. The first-order valence-electron chi connectivity index (χ1n) is 7.88. The van der Waals surface area contributed by atoms with E-state index in [1.54, 1.807) is 18.2 Å². The number of nitriles is 1. The van der Waals surface area contributed by atoms with Crippen LogP contribution in [0.4, 0.5) is 0 Å². The maximum absolute atomic E-state index is 12.8. The molecular weight excluding hydrogens is 338 g/mol. The second kappa shape index (κ2) is 6.60. The van der Waals surface area contributed by atoms with E-state index in [4.69, 9.17) is 6.42 Å². The molecule has 0 unspecified atom stereocenters. The molecule has 0 atom stereocenters. The summed E-state index contributed by atoms with van der Waals surface area (Å²) >= 11 is 0. The van der Waals surface area contributed by atoms with Crippen molar-refractivity contribution in [3.05, 3.63) is 45.4 Å². The molecule has 4 rings (SSSR count). The number of benzene rings is 1. The van der Waals surface area contributed by atoms with Gasteiger partial charge in [0.05, 0.1) is 16.6 Å². The zero-order chi connectivity index (χ0) is 16.7. The summed E-state index contributed by atoms with van der Waals surface area (Å²) in [6.07, 6.45) is 7.27. The number of H-pyrrole nitrogens is 1. The standard InChI is InChI=1S/C18H15N5O.ClH/c1-2-11-3-4-15-13(9-11)18(24)23-17(21-15)14(10-19)16(22-23)12-5-7-20-8-6-12;/h1,3-4,9,12,20,22H,5-8H2;1H. The van der Waals surface area contributed by atoms with Crippen LogP contribution in [0.2, 0.25) is 0 Å². The number of nitrogens with zero attached hydrogens (tertiary/aromatic N) is 3. The number of hydrogen-bond donors (Lipinski definition) is 2. The Balaban J connectivity index is 0.00000182. The van der Waals surface area contributed by atoms with Crippen LogP contribution in [0.3, 0.4) is 0 Å². The number of rotatable bonds is 1. The molecule has 6 nitrogen and oxygen atoms in total. The van der Waals surface area contributed by atoms with Crippen LogP contribution in [-0.4, -0.2) is 27.7 Å². The van der Waals surface area contributed by atoms with Crippen LogP contribution in [0.15, 0.2) is 23.0 Å². The zero-order valence-corrected chi connectivity index (χ0v) is 14.2. The molecule has 3 heterocycles. The maximum Gasteiger partial charge on any atom is 0.280 e. The molecule has 1 fully saturated rings. The SMILES string of the molecule is C#Cc1ccc2nc3c(C#N)c(C4CCNCC4)[nH]n3c(=O)c2c1.Cl. The van der Waals surface area contributed by atoms with Gasteiger partial charge in [-0.15, -0.1) is 18.8 Å². The van der Waals surface area contributed by atoms with Gasteiger partial charge in [0.15, 0.2) is 5.65 Å². The van der Waals surface area contributed by atoms with Crippen molar-refractivity contribution >= 4 is 29.0 Å². The van der Waals surface area contributed by atoms with Crippen LogP contribution in [-0.2, 0) is 0 Å². The third-order valence-corrected chi connectivity index (χ3v) is 4.62. The topological polar surface area (TPSA) is 86.0 Å². The van der Waals surface area contributed by atoms with Crippen molar-refractivity contribution in [3.8, 4) is 18.4 Å². The van der Waals surface area contributed by atoms with Crippen LogP contribution in [0.25, 0.3) is 16.6 Å². The molecule has 2 aromatic heterocycles. The van der Waals surface area contributed by atoms with Gasteiger partial charge < -0.3 is 5.32 Å². The molecule has 1 aliphatic rings. The number of piperidine rings is 1. The van der Waals surface area contributed by atoms with Crippen molar-refractivity contribution in [2.24, 2.45) is 0 Å². The lowest BCUT2D eigenvalue weighted by molar-refractivity contribution is 0.451. The summed E-state index contributed by atoms with van der Waals surface area (Å²) in [5.41, 5.74) is 2.59. The summed E-state index contributed by atoms with van der Waals surface area (Å²) in [4.78, 5) is 17.3. The smallest absolute Gasteiger partial charge is 0.280 e. The average Bonchev–Trinajstić information content (AvgIpc) is 3.01. The number of terminal acetylenes is 1. The summed E-state index contributed by atoms with van der Waals surface area (Å²) in [7, 11) is 0. The fourth-order valence-electron chi connectivity index (χ4n) is 3.36. The van der Waals surface area contributed by atoms with Crippen LogP contribution < -0.4 is 10.9 Å². The van der Waals surface area contributed by atoms with E-state index in [1.807, 2.05) is 0 Å². The molecule has 25 heavy (non-hydrogen) atoms. The molecule has 0 aliphatic carbocycles. The lowest BCUT2D eigenvalue weighted by Gasteiger charge is -2.21. The Morgan fingerprint density at radius 2 is 2.08 bits per heavy atom. The van der Waals surface area contributed by atoms with E-state index < -0.39 is 0 Å². The van der Waals surface area contributed by atoms with Gasteiger partial charge in [0, 0.05) is 11.5 Å². The zero-order valence-electron chi connectivity index (χ0n) is 13.4. The van der Waals surface area contributed by atoms with Crippen molar-refractivity contribution in [1.29, 1.82) is 5.26 Å². The van der Waals surface area contributed by atoms with E-state index >= 15 is 0 Å². The van der Waals surface area contributed by atoms with Crippen molar-refractivity contribution in [2.75, 3.05) is 13.1 Å². The van der Waals surface area contributed by atoms with Crippen molar-refractivity contribution in [3.63, 3.8) is 0 Å². The Morgan fingerprint density at radius 1 is 1.32 bits per heavy atom. The highest BCUT2D eigenvalue weighted by Crippen LogP contribution is 2.28. The predicted octanol–water partition coefficient (Wildman–Crippen LogP) is 1.92. The molecule has 2 N–H and O–H groups in total. The van der Waals surface area contributed by atoms with Gasteiger partial charge >= 0.3 is 0 Å². The molecule has 0 spiro atoms. The lowest BCUT2D eigenvalue weighted by atomic mass is 9.92. The van der Waals surface area contributed by atoms with Gasteiger partial charge in [-0.1, -0.05) is 5.92 Å². The van der Waals surface area contributed by atoms with Gasteiger partial charge in [0.25, 0.3) is 5.56 Å². The third kappa shape index (κ3) is 2.66. The molecule has 7 heteroatoms. The molecule has 3 aromatic rings. The van der Waals surface area contributed by atoms with E-state index in [0.29, 0.717) is 27.7 Å². The molecule has 0 bridgehead atoms. The Morgan fingerprint density at radius 3 is 2.76 bits per heavy atom. The van der Waals surface area contributed by atoms with Crippen molar-refractivity contribution in [1.82, 2.24) is 19.9 Å². The molecule has 0 saturated carbocycles. The summed E-state index contributed by atoms with van der Waals surface area (Å²) in [5.74, 6) is 2.76. The van der Waals surface area contributed by atoms with E-state index in [-0.39, 0.29) is 23.9 Å². The normalized spacial score (nSPS) is 14.8. The number of halogens is 1. The fraction of sp³-hybridized carbons (Fsp3) is 0.278. The first-order valence-corrected chi connectivity index (χ1v) is 7.88. The Labute approximate surface area is 150 Å². The van der Waals surface area contributed by atoms with Gasteiger partial charge in [0.1, 0.15) is 11.6 Å². The van der Waals surface area contributed by atoms with Crippen LogP contribution >= 0.6 is 12.4 Å². The molecule has 1 aromatic carbocycles. The number of aromatic amines is 1. The van der Waals surface area contributed by atoms with E-state index in [2.05, 4.69) is 27.4 Å². The summed E-state index contributed by atoms with van der Waals surface area (Å²) in [6.45, 7) is 1.81. The van der Waals surface area contributed by atoms with Gasteiger partial charge in [-0.05, 0) is 44.1 Å². The second-order valence-electron chi connectivity index (χ2n) is 5.99. The average molecular weight is 354 g/mol. The van der Waals surface area contributed by atoms with E-state index in [1.165, 1.54) is 4.52 Å². The monoisotopic (exact) mass is 353 g/mol. The molecule has 126 valence electrons. The molecule has 1 saturated heterocycles. The predicted molar refractivity (Wildman–Crippen MR) is 98.1 cm³/mol. The van der Waals surface area contributed by atoms with E-state index in [0.717, 1.165) is 31.6 Å². The number of aromatic nitrogens is 3. The van der Waals surface area contributed by atoms with Gasteiger partial charge in [-0.25, -0.2) is 4.98 Å². The molecule has 1 aliphatic heterocycles. The van der Waals surface area contributed by atoms with Crippen molar-refractivity contribution in [2.45, 2.75) is 18.8 Å².